The summed E-state index contributed by atoms with van der Waals surface area (Å²) in [5.41, 5.74) is 3.33. The molecule has 2 aliphatic carbocycles. The molecule has 3 heterocycles. The molecule has 3 aliphatic rings. The summed E-state index contributed by atoms with van der Waals surface area (Å²) in [6.07, 6.45) is 5.34. The maximum Gasteiger partial charge on any atom is 0.307 e. The number of aliphatic carboxylic acids is 1. The van der Waals surface area contributed by atoms with E-state index in [4.69, 9.17) is 4.98 Å². The van der Waals surface area contributed by atoms with Gasteiger partial charge in [-0.2, -0.15) is 10.6 Å². The molecular weight excluding hydrogens is 501 g/mol. The second-order valence-corrected chi connectivity index (χ2v) is 13.6. The number of carboxylic acid groups (broad SMARTS) is 1. The molecule has 0 amide bonds. The molecule has 0 bridgehead atoms. The first-order valence-corrected chi connectivity index (χ1v) is 14.9. The monoisotopic (exact) mass is 529 g/mol. The number of anilines is 1. The van der Waals surface area contributed by atoms with E-state index in [2.05, 4.69) is 9.88 Å². The van der Waals surface area contributed by atoms with Crippen molar-refractivity contribution in [3.63, 3.8) is 0 Å². The molecule has 1 aliphatic heterocycles. The maximum atomic E-state index is 13.9. The molecule has 36 heavy (non-hydrogen) atoms. The summed E-state index contributed by atoms with van der Waals surface area (Å²) < 4.78 is 33.8. The molecule has 3 aromatic rings. The van der Waals surface area contributed by atoms with Crippen molar-refractivity contribution in [2.75, 3.05) is 29.5 Å². The number of halogens is 1. The molecular formula is C26H28FN3O4S2. The van der Waals surface area contributed by atoms with Gasteiger partial charge in [0, 0.05) is 36.5 Å². The van der Waals surface area contributed by atoms with Gasteiger partial charge in [0.2, 0.25) is 0 Å². The van der Waals surface area contributed by atoms with Crippen molar-refractivity contribution in [1.29, 1.82) is 0 Å². The maximum absolute atomic E-state index is 13.9. The number of hydrogen-bond donors (Lipinski definition) is 3. The fourth-order valence-corrected chi connectivity index (χ4v) is 8.05. The zero-order valence-corrected chi connectivity index (χ0v) is 21.2. The van der Waals surface area contributed by atoms with Gasteiger partial charge in [0.05, 0.1) is 34.2 Å². The highest BCUT2D eigenvalue weighted by Crippen LogP contribution is 2.58. The Labute approximate surface area is 214 Å². The largest absolute Gasteiger partial charge is 0.481 e. The lowest BCUT2D eigenvalue weighted by molar-refractivity contribution is -0.143. The Morgan fingerprint density at radius 2 is 1.75 bits per heavy atom. The first-order chi connectivity index (χ1) is 17.3. The molecule has 3 fully saturated rings. The number of carbonyl (C=O) groups is 1. The number of thiazole rings is 1. The van der Waals surface area contributed by atoms with Crippen molar-refractivity contribution in [3.05, 3.63) is 54.2 Å². The summed E-state index contributed by atoms with van der Waals surface area (Å²) in [5, 5.41) is 10.7. The molecule has 1 aromatic carbocycles. The van der Waals surface area contributed by atoms with Gasteiger partial charge >= 0.3 is 5.97 Å². The van der Waals surface area contributed by atoms with Crippen LogP contribution in [0.5, 0.6) is 0 Å². The van der Waals surface area contributed by atoms with Crippen molar-refractivity contribution < 1.29 is 23.4 Å². The number of pyridine rings is 1. The third-order valence-electron chi connectivity index (χ3n) is 7.81. The van der Waals surface area contributed by atoms with Gasteiger partial charge in [0.15, 0.2) is 0 Å². The summed E-state index contributed by atoms with van der Waals surface area (Å²) in [5.74, 6) is -0.0369. The minimum absolute atomic E-state index is 0.181. The Morgan fingerprint density at radius 3 is 2.44 bits per heavy atom. The van der Waals surface area contributed by atoms with Crippen LogP contribution in [0.15, 0.2) is 42.7 Å². The number of fused-ring (bicyclic) bond motifs is 1. The second-order valence-electron chi connectivity index (χ2n) is 10.1. The lowest BCUT2D eigenvalue weighted by Gasteiger charge is -2.41. The van der Waals surface area contributed by atoms with Crippen LogP contribution >= 0.6 is 21.9 Å². The molecule has 6 rings (SSSR count). The predicted molar refractivity (Wildman–Crippen MR) is 140 cm³/mol. The van der Waals surface area contributed by atoms with Crippen LogP contribution in [-0.4, -0.2) is 54.7 Å². The Morgan fingerprint density at radius 1 is 1.03 bits per heavy atom. The Kier molecular flexibility index (Phi) is 6.02. The first-order valence-electron chi connectivity index (χ1n) is 12.2. The summed E-state index contributed by atoms with van der Waals surface area (Å²) in [7, 11) is -2.46. The van der Waals surface area contributed by atoms with Crippen LogP contribution in [0.3, 0.4) is 0 Å². The van der Waals surface area contributed by atoms with E-state index in [0.717, 1.165) is 40.9 Å². The van der Waals surface area contributed by atoms with Gasteiger partial charge in [-0.3, -0.25) is 18.9 Å². The van der Waals surface area contributed by atoms with Gasteiger partial charge in [-0.25, -0.2) is 9.37 Å². The topological polar surface area (TPSA) is 107 Å². The number of nitrogens with zero attached hydrogens (tertiary/aromatic N) is 3. The zero-order chi connectivity index (χ0) is 25.0. The molecule has 4 atom stereocenters. The van der Waals surface area contributed by atoms with Crippen LogP contribution in [0.1, 0.15) is 30.9 Å². The summed E-state index contributed by atoms with van der Waals surface area (Å²) in [4.78, 5) is 24.2. The average Bonchev–Trinajstić information content (AvgIpc) is 3.49. The molecule has 2 saturated carbocycles. The van der Waals surface area contributed by atoms with Crippen LogP contribution in [0.2, 0.25) is 0 Å². The number of benzene rings is 1. The summed E-state index contributed by atoms with van der Waals surface area (Å²) in [6.45, 7) is 1.18. The quantitative estimate of drug-likeness (QED) is 0.384. The third-order valence-corrected chi connectivity index (χ3v) is 10.7. The number of rotatable bonds is 5. The van der Waals surface area contributed by atoms with Gasteiger partial charge in [0.25, 0.3) is 0 Å². The van der Waals surface area contributed by atoms with Crippen molar-refractivity contribution in [3.8, 4) is 21.0 Å². The van der Waals surface area contributed by atoms with Crippen molar-refractivity contribution in [2.45, 2.75) is 25.2 Å². The van der Waals surface area contributed by atoms with Crippen LogP contribution in [-0.2, 0) is 4.79 Å². The van der Waals surface area contributed by atoms with E-state index in [-0.39, 0.29) is 5.92 Å². The van der Waals surface area contributed by atoms with E-state index in [9.17, 15) is 23.4 Å². The minimum Gasteiger partial charge on any atom is -0.481 e. The van der Waals surface area contributed by atoms with Crippen LogP contribution in [0.4, 0.5) is 10.1 Å². The third kappa shape index (κ3) is 4.63. The van der Waals surface area contributed by atoms with E-state index >= 15 is 0 Å². The van der Waals surface area contributed by atoms with Crippen LogP contribution < -0.4 is 4.90 Å². The molecule has 2 aromatic heterocycles. The van der Waals surface area contributed by atoms with Gasteiger partial charge < -0.3 is 10.0 Å². The Balaban J connectivity index is 1.37. The zero-order valence-electron chi connectivity index (χ0n) is 19.6. The van der Waals surface area contributed by atoms with E-state index in [0.29, 0.717) is 53.4 Å². The average molecular weight is 530 g/mol. The number of carboxylic acids is 1. The Bertz CT molecular complexity index is 1290. The molecule has 7 nitrogen and oxygen atoms in total. The van der Waals surface area contributed by atoms with E-state index in [1.54, 1.807) is 6.20 Å². The highest BCUT2D eigenvalue weighted by Gasteiger charge is 2.50. The smallest absolute Gasteiger partial charge is 0.307 e. The Hall–Kier alpha value is -2.53. The highest BCUT2D eigenvalue weighted by atomic mass is 32.3. The van der Waals surface area contributed by atoms with Crippen LogP contribution in [0, 0.1) is 23.6 Å². The van der Waals surface area contributed by atoms with Crippen molar-refractivity contribution in [1.82, 2.24) is 9.97 Å². The fourth-order valence-electron chi connectivity index (χ4n) is 5.69. The van der Waals surface area contributed by atoms with Gasteiger partial charge in [-0.05, 0) is 54.9 Å². The normalized spacial score (nSPS) is 27.8. The van der Waals surface area contributed by atoms with Crippen LogP contribution in [0.25, 0.3) is 21.0 Å². The lowest BCUT2D eigenvalue weighted by atomic mass is 9.77. The fraction of sp³-hybridized carbons (Fsp3) is 0.423. The summed E-state index contributed by atoms with van der Waals surface area (Å²) in [6, 6.07) is 9.49. The molecule has 0 spiro atoms. The van der Waals surface area contributed by atoms with E-state index in [1.165, 1.54) is 17.4 Å². The minimum atomic E-state index is -2.46. The first kappa shape index (κ1) is 23.8. The molecule has 10 heteroatoms. The molecule has 0 radical (unpaired) electrons. The van der Waals surface area contributed by atoms with E-state index < -0.39 is 28.3 Å². The van der Waals surface area contributed by atoms with Gasteiger partial charge in [0.1, 0.15) is 10.8 Å². The number of hydrogen-bond acceptors (Lipinski definition) is 7. The SMILES string of the molecule is O=C(O)C1CC2CC2CC1c1nc(-c2cncc(F)c2)sc1-c1ccc(N2CCS(O)(O)CC2)cc1. The molecule has 3 N–H and O–H groups in total. The standard InChI is InChI=1S/C26H28FN3O4S2/c27-19-10-18(13-28-14-19)25-29-23(21-11-16-9-17(16)12-22(21)26(31)32)24(35-25)15-1-3-20(4-2-15)30-5-7-36(33,34)8-6-30/h1-4,10,13-14,16-17,21-22,33-34H,5-9,11-12H2,(H,31,32). The van der Waals surface area contributed by atoms with E-state index in [1.807, 2.05) is 24.3 Å². The van der Waals surface area contributed by atoms with Gasteiger partial charge in [-0.15, -0.1) is 11.3 Å². The van der Waals surface area contributed by atoms with Gasteiger partial charge in [-0.1, -0.05) is 12.1 Å². The second kappa shape index (κ2) is 9.09. The highest BCUT2D eigenvalue weighted by molar-refractivity contribution is 8.24. The van der Waals surface area contributed by atoms with Crippen molar-refractivity contribution in [2.24, 2.45) is 17.8 Å². The van der Waals surface area contributed by atoms with Crippen molar-refractivity contribution >= 4 is 33.6 Å². The number of aromatic nitrogens is 2. The molecule has 4 unspecified atom stereocenters. The predicted octanol–water partition coefficient (Wildman–Crippen LogP) is 5.80. The lowest BCUT2D eigenvalue weighted by Crippen LogP contribution is -2.38. The molecule has 190 valence electrons. The molecule has 1 saturated heterocycles. The summed E-state index contributed by atoms with van der Waals surface area (Å²) >= 11 is 1.45.